The molecule has 0 amide bonds. The van der Waals surface area contributed by atoms with E-state index in [4.69, 9.17) is 19.4 Å². The maximum absolute atomic E-state index is 6.90. The molecule has 55 heavy (non-hydrogen) atoms. The molecule has 9 aromatic carbocycles. The van der Waals surface area contributed by atoms with Crippen LogP contribution in [-0.2, 0) is 0 Å². The first-order valence-corrected chi connectivity index (χ1v) is 18.5. The fourth-order valence-electron chi connectivity index (χ4n) is 8.13. The van der Waals surface area contributed by atoms with Gasteiger partial charge in [0.25, 0.3) is 0 Å². The summed E-state index contributed by atoms with van der Waals surface area (Å²) in [5.74, 6) is 1.90. The molecular weight excluding hydrogens is 671 g/mol. The van der Waals surface area contributed by atoms with E-state index >= 15 is 0 Å². The number of hydrogen-bond acceptors (Lipinski definition) is 4. The summed E-state index contributed by atoms with van der Waals surface area (Å²) in [5, 5.41) is 9.09. The molecule has 4 nitrogen and oxygen atoms in total. The van der Waals surface area contributed by atoms with Crippen molar-refractivity contribution in [3.05, 3.63) is 188 Å². The normalized spacial score (nSPS) is 11.6. The molecule has 0 aliphatic carbocycles. The van der Waals surface area contributed by atoms with Crippen molar-refractivity contribution in [1.29, 1.82) is 0 Å². The average Bonchev–Trinajstić information content (AvgIpc) is 3.65. The predicted octanol–water partition coefficient (Wildman–Crippen LogP) is 13.6. The molecule has 0 saturated heterocycles. The molecule has 11 aromatic rings. The summed E-state index contributed by atoms with van der Waals surface area (Å²) < 4.78 is 6.90. The number of rotatable bonds is 5. The Kier molecular flexibility index (Phi) is 7.14. The van der Waals surface area contributed by atoms with Gasteiger partial charge in [-0.25, -0.2) is 15.0 Å². The van der Waals surface area contributed by atoms with Gasteiger partial charge >= 0.3 is 0 Å². The molecule has 0 saturated carbocycles. The van der Waals surface area contributed by atoms with E-state index in [1.54, 1.807) is 0 Å². The maximum Gasteiger partial charge on any atom is 0.164 e. The Bertz CT molecular complexity index is 3260. The zero-order chi connectivity index (χ0) is 36.3. The van der Waals surface area contributed by atoms with Gasteiger partial charge in [-0.05, 0) is 67.2 Å². The molecule has 0 radical (unpaired) electrons. The van der Waals surface area contributed by atoms with E-state index in [1.165, 1.54) is 21.7 Å². The minimum Gasteiger partial charge on any atom is -0.455 e. The van der Waals surface area contributed by atoms with Crippen molar-refractivity contribution in [3.63, 3.8) is 0 Å². The Morgan fingerprint density at radius 2 is 0.873 bits per heavy atom. The molecule has 0 fully saturated rings. The SMILES string of the molecule is c1ccc(-c2nc(-c3ccc4ccccc4c3)nc(-c3ccc(-c4cccc5c4oc4cc(-c6ccccc6)c6ccccc6c45)c4ccccc34)n2)cc1. The largest absolute Gasteiger partial charge is 0.455 e. The lowest BCUT2D eigenvalue weighted by Crippen LogP contribution is -2.00. The second kappa shape index (κ2) is 12.6. The van der Waals surface area contributed by atoms with Crippen LogP contribution < -0.4 is 0 Å². The Labute approximate surface area is 317 Å². The van der Waals surface area contributed by atoms with Crippen LogP contribution in [0.3, 0.4) is 0 Å². The number of benzene rings is 9. The van der Waals surface area contributed by atoms with Crippen molar-refractivity contribution < 1.29 is 4.42 Å². The summed E-state index contributed by atoms with van der Waals surface area (Å²) in [6, 6.07) is 65.6. The van der Waals surface area contributed by atoms with Crippen molar-refractivity contribution in [2.45, 2.75) is 0 Å². The van der Waals surface area contributed by atoms with Gasteiger partial charge in [0, 0.05) is 33.0 Å². The number of furan rings is 1. The van der Waals surface area contributed by atoms with Gasteiger partial charge in [-0.1, -0.05) is 170 Å². The van der Waals surface area contributed by atoms with Gasteiger partial charge in [0.15, 0.2) is 17.5 Å². The van der Waals surface area contributed by atoms with E-state index in [-0.39, 0.29) is 0 Å². The fourth-order valence-corrected chi connectivity index (χ4v) is 8.13. The van der Waals surface area contributed by atoms with E-state index in [9.17, 15) is 0 Å². The number of aromatic nitrogens is 3. The first kappa shape index (κ1) is 31.1. The number of nitrogens with zero attached hydrogens (tertiary/aromatic N) is 3. The van der Waals surface area contributed by atoms with Gasteiger partial charge < -0.3 is 4.42 Å². The molecule has 2 heterocycles. The second-order valence-electron chi connectivity index (χ2n) is 13.9. The summed E-state index contributed by atoms with van der Waals surface area (Å²) in [6.07, 6.45) is 0. The Hall–Kier alpha value is -7.43. The topological polar surface area (TPSA) is 51.8 Å². The molecule has 0 spiro atoms. The molecule has 4 heteroatoms. The van der Waals surface area contributed by atoms with E-state index in [2.05, 4.69) is 158 Å². The van der Waals surface area contributed by atoms with Gasteiger partial charge in [-0.3, -0.25) is 0 Å². The van der Waals surface area contributed by atoms with Crippen LogP contribution in [-0.4, -0.2) is 15.0 Å². The molecule has 0 N–H and O–H groups in total. The van der Waals surface area contributed by atoms with Gasteiger partial charge in [0.05, 0.1) is 0 Å². The van der Waals surface area contributed by atoms with Crippen LogP contribution in [0.15, 0.2) is 192 Å². The van der Waals surface area contributed by atoms with E-state index < -0.39 is 0 Å². The third-order valence-corrected chi connectivity index (χ3v) is 10.7. The van der Waals surface area contributed by atoms with E-state index in [0.717, 1.165) is 71.5 Å². The summed E-state index contributed by atoms with van der Waals surface area (Å²) in [4.78, 5) is 15.3. The number of para-hydroxylation sites is 1. The summed E-state index contributed by atoms with van der Waals surface area (Å²) in [6.45, 7) is 0. The van der Waals surface area contributed by atoms with Gasteiger partial charge in [0.2, 0.25) is 0 Å². The van der Waals surface area contributed by atoms with Crippen LogP contribution in [0.5, 0.6) is 0 Å². The van der Waals surface area contributed by atoms with Gasteiger partial charge in [-0.15, -0.1) is 0 Å². The zero-order valence-corrected chi connectivity index (χ0v) is 29.6. The lowest BCUT2D eigenvalue weighted by atomic mass is 9.92. The first-order chi connectivity index (χ1) is 27.3. The highest BCUT2D eigenvalue weighted by Crippen LogP contribution is 2.44. The quantitative estimate of drug-likeness (QED) is 0.179. The lowest BCUT2D eigenvalue weighted by Gasteiger charge is -2.13. The molecule has 0 atom stereocenters. The van der Waals surface area contributed by atoms with Crippen molar-refractivity contribution in [3.8, 4) is 56.4 Å². The zero-order valence-electron chi connectivity index (χ0n) is 29.6. The number of hydrogen-bond donors (Lipinski definition) is 0. The Balaban J connectivity index is 1.12. The molecular formula is C51H31N3O. The van der Waals surface area contributed by atoms with Crippen LogP contribution >= 0.6 is 0 Å². The monoisotopic (exact) mass is 701 g/mol. The molecule has 2 aromatic heterocycles. The van der Waals surface area contributed by atoms with Crippen molar-refractivity contribution in [1.82, 2.24) is 15.0 Å². The standard InChI is InChI=1S/C51H31N3O/c1-3-15-33(16-4-1)45-31-46-47(41-23-12-11-22-39(41)45)44-25-13-24-42(48(44)55-46)40-28-29-43(38-21-10-9-20-37(38)40)51-53-49(34-17-5-2-6-18-34)52-50(54-51)36-27-26-32-14-7-8-19-35(32)30-36/h1-31H. The first-order valence-electron chi connectivity index (χ1n) is 18.5. The van der Waals surface area contributed by atoms with Crippen LogP contribution in [0.2, 0.25) is 0 Å². The Morgan fingerprint density at radius 1 is 0.309 bits per heavy atom. The average molecular weight is 702 g/mol. The fraction of sp³-hybridized carbons (Fsp3) is 0. The van der Waals surface area contributed by atoms with E-state index in [0.29, 0.717) is 17.5 Å². The molecule has 0 unspecified atom stereocenters. The van der Waals surface area contributed by atoms with Gasteiger partial charge in [0.1, 0.15) is 11.2 Å². The lowest BCUT2D eigenvalue weighted by molar-refractivity contribution is 0.670. The molecule has 11 rings (SSSR count). The van der Waals surface area contributed by atoms with Crippen LogP contribution in [0, 0.1) is 0 Å². The van der Waals surface area contributed by atoms with Gasteiger partial charge in [-0.2, -0.15) is 0 Å². The third-order valence-electron chi connectivity index (χ3n) is 10.7. The van der Waals surface area contributed by atoms with Crippen molar-refractivity contribution in [2.75, 3.05) is 0 Å². The summed E-state index contributed by atoms with van der Waals surface area (Å²) >= 11 is 0. The minimum atomic E-state index is 0.626. The molecule has 0 aliphatic rings. The van der Waals surface area contributed by atoms with E-state index in [1.807, 2.05) is 30.3 Å². The van der Waals surface area contributed by atoms with Crippen molar-refractivity contribution in [2.24, 2.45) is 0 Å². The predicted molar refractivity (Wildman–Crippen MR) is 227 cm³/mol. The highest BCUT2D eigenvalue weighted by atomic mass is 16.3. The highest BCUT2D eigenvalue weighted by molar-refractivity contribution is 6.24. The smallest absolute Gasteiger partial charge is 0.164 e. The van der Waals surface area contributed by atoms with Crippen molar-refractivity contribution >= 4 is 54.3 Å². The molecule has 0 bridgehead atoms. The molecule has 256 valence electrons. The summed E-state index contributed by atoms with van der Waals surface area (Å²) in [5.41, 5.74) is 9.03. The van der Waals surface area contributed by atoms with Crippen LogP contribution in [0.25, 0.3) is 111 Å². The summed E-state index contributed by atoms with van der Waals surface area (Å²) in [7, 11) is 0. The number of fused-ring (bicyclic) bond motifs is 7. The Morgan fingerprint density at radius 3 is 1.64 bits per heavy atom. The molecule has 0 aliphatic heterocycles. The highest BCUT2D eigenvalue weighted by Gasteiger charge is 2.20. The van der Waals surface area contributed by atoms with Crippen LogP contribution in [0.1, 0.15) is 0 Å². The third kappa shape index (κ3) is 5.19. The minimum absolute atomic E-state index is 0.626. The second-order valence-corrected chi connectivity index (χ2v) is 13.9. The maximum atomic E-state index is 6.90. The van der Waals surface area contributed by atoms with Crippen LogP contribution in [0.4, 0.5) is 0 Å².